The van der Waals surface area contributed by atoms with E-state index in [2.05, 4.69) is 240 Å². The monoisotopic (exact) mass is 944 g/mol. The van der Waals surface area contributed by atoms with Crippen LogP contribution in [0.5, 0.6) is 0 Å². The van der Waals surface area contributed by atoms with Crippen LogP contribution in [0.15, 0.2) is 231 Å². The lowest BCUT2D eigenvalue weighted by Crippen LogP contribution is -2.55. The number of benzene rings is 11. The summed E-state index contributed by atoms with van der Waals surface area (Å²) in [6, 6.07) is 87.5. The number of hydrogen-bond acceptors (Lipinski definition) is 0. The number of nitrogens with zero attached hydrogens (tertiary/aromatic N) is 2. The third-order valence-corrected chi connectivity index (χ3v) is 18.9. The molecule has 0 aliphatic heterocycles. The molecular weight excluding hydrogens is 893 g/mol. The van der Waals surface area contributed by atoms with E-state index in [1.54, 1.807) is 11.1 Å². The number of fused-ring (bicyclic) bond motifs is 11. The Morgan fingerprint density at radius 2 is 0.838 bits per heavy atom. The molecule has 1 spiro atoms. The first-order chi connectivity index (χ1) is 36.6. The zero-order chi connectivity index (χ0) is 48.2. The van der Waals surface area contributed by atoms with Gasteiger partial charge in [0.2, 0.25) is 0 Å². The molecule has 5 aliphatic carbocycles. The molecule has 0 radical (unpaired) electrons. The molecule has 2 heterocycles. The van der Waals surface area contributed by atoms with Gasteiger partial charge in [-0.25, -0.2) is 0 Å². The van der Waals surface area contributed by atoms with Crippen molar-refractivity contribution in [1.82, 2.24) is 9.13 Å². The average molecular weight is 945 g/mol. The predicted octanol–water partition coefficient (Wildman–Crippen LogP) is 18.9. The lowest BCUT2D eigenvalue weighted by atomic mass is 9.43. The molecule has 0 unspecified atom stereocenters. The van der Waals surface area contributed by atoms with Gasteiger partial charge >= 0.3 is 0 Å². The summed E-state index contributed by atoms with van der Waals surface area (Å²) >= 11 is 0. The van der Waals surface area contributed by atoms with Gasteiger partial charge in [0.25, 0.3) is 0 Å². The molecule has 13 aromatic rings. The normalized spacial score (nSPS) is 20.5. The molecule has 2 heteroatoms. The summed E-state index contributed by atoms with van der Waals surface area (Å²) in [5.41, 5.74) is 21.0. The number of para-hydroxylation sites is 2. The smallest absolute Gasteiger partial charge is 0.0547 e. The Bertz CT molecular complexity index is 4480. The molecule has 2 aromatic heterocycles. The molecule has 5 aliphatic rings. The summed E-state index contributed by atoms with van der Waals surface area (Å²) in [5, 5.41) is 10.1. The maximum atomic E-state index is 2.66. The number of rotatable bonds is 5. The molecule has 0 N–H and O–H groups in total. The van der Waals surface area contributed by atoms with Crippen molar-refractivity contribution in [3.05, 3.63) is 242 Å². The molecule has 0 atom stereocenters. The van der Waals surface area contributed by atoms with E-state index in [0.717, 1.165) is 29.4 Å². The Labute approximate surface area is 430 Å². The second-order valence-corrected chi connectivity index (χ2v) is 22.4. The Morgan fingerprint density at radius 3 is 1.59 bits per heavy atom. The van der Waals surface area contributed by atoms with Gasteiger partial charge in [-0.15, -0.1) is 0 Å². The standard InChI is InChI=1S/C72H52N2/c1-2-13-46(14-3-1)47-15-10-18-55(38-47)73-67-24-8-5-20-59(67)61-31-27-48(42-70(61)73)49-28-32-62-60-21-6-9-25-68(60)74(71(62)43-49)69-26-12-17-51-39-63-50(40-64(51)69)16-11-22-56(63)52-29-30-58-57-19-4-7-23-65(57)72(66(58)41-52)53-34-44-33-45(36-53)37-54(72)35-44/h1-32,38-45,53-54H,33-37H2. The predicted molar refractivity (Wildman–Crippen MR) is 310 cm³/mol. The Kier molecular flexibility index (Phi) is 8.48. The van der Waals surface area contributed by atoms with Crippen LogP contribution >= 0.6 is 0 Å². The lowest BCUT2D eigenvalue weighted by Gasteiger charge is -2.61. The van der Waals surface area contributed by atoms with Gasteiger partial charge in [-0.2, -0.15) is 0 Å². The lowest BCUT2D eigenvalue weighted by molar-refractivity contribution is -0.0399. The first-order valence-electron chi connectivity index (χ1n) is 27.1. The van der Waals surface area contributed by atoms with Gasteiger partial charge in [-0.3, -0.25) is 0 Å². The van der Waals surface area contributed by atoms with Gasteiger partial charge < -0.3 is 9.13 Å². The van der Waals surface area contributed by atoms with Crippen LogP contribution in [-0.2, 0) is 5.41 Å². The quantitative estimate of drug-likeness (QED) is 0.152. The fourth-order valence-electron chi connectivity index (χ4n) is 16.1. The highest BCUT2D eigenvalue weighted by molar-refractivity contribution is 6.14. The second-order valence-electron chi connectivity index (χ2n) is 22.4. The number of aromatic nitrogens is 2. The summed E-state index contributed by atoms with van der Waals surface area (Å²) in [7, 11) is 0. The van der Waals surface area contributed by atoms with E-state index < -0.39 is 0 Å². The van der Waals surface area contributed by atoms with Crippen LogP contribution in [0.4, 0.5) is 0 Å². The van der Waals surface area contributed by atoms with E-state index >= 15 is 0 Å². The Balaban J connectivity index is 0.810. The van der Waals surface area contributed by atoms with Crippen molar-refractivity contribution in [2.24, 2.45) is 23.7 Å². The maximum Gasteiger partial charge on any atom is 0.0547 e. The van der Waals surface area contributed by atoms with Gasteiger partial charge in [0.05, 0.1) is 27.8 Å². The van der Waals surface area contributed by atoms with Crippen molar-refractivity contribution in [1.29, 1.82) is 0 Å². The minimum atomic E-state index is 0.145. The van der Waals surface area contributed by atoms with Crippen LogP contribution in [-0.4, -0.2) is 9.13 Å². The summed E-state index contributed by atoms with van der Waals surface area (Å²) < 4.78 is 4.98. The van der Waals surface area contributed by atoms with Gasteiger partial charge in [0.15, 0.2) is 0 Å². The second kappa shape index (κ2) is 15.3. The molecule has 2 nitrogen and oxygen atoms in total. The van der Waals surface area contributed by atoms with Gasteiger partial charge in [0.1, 0.15) is 0 Å². The largest absolute Gasteiger partial charge is 0.309 e. The van der Waals surface area contributed by atoms with Crippen LogP contribution in [0.25, 0.3) is 121 Å². The SMILES string of the molecule is c1ccc(-c2cccc(-n3c4ccccc4c4ccc(-c5ccc6c7ccccc7n(-c7cccc8cc9c(-c%10ccc%11c(c%10)C%10(c%12ccccc%12-%11)C%11CC%12CC(C%11)CC%10C%12)cccc9cc78)c6c5)cc43)c2)cc1. The topological polar surface area (TPSA) is 9.86 Å². The highest BCUT2D eigenvalue weighted by Crippen LogP contribution is 2.69. The van der Waals surface area contributed by atoms with Crippen LogP contribution in [0.2, 0.25) is 0 Å². The molecule has 74 heavy (non-hydrogen) atoms. The third kappa shape index (κ3) is 5.66. The van der Waals surface area contributed by atoms with E-state index in [0.29, 0.717) is 0 Å². The van der Waals surface area contributed by atoms with Gasteiger partial charge in [-0.1, -0.05) is 170 Å². The zero-order valence-electron chi connectivity index (χ0n) is 41.2. The fourth-order valence-corrected chi connectivity index (χ4v) is 16.1. The molecule has 350 valence electrons. The average Bonchev–Trinajstić information content (AvgIpc) is 4.07. The van der Waals surface area contributed by atoms with E-state index in [1.807, 2.05) is 0 Å². The molecule has 4 fully saturated rings. The molecule has 11 aromatic carbocycles. The van der Waals surface area contributed by atoms with Gasteiger partial charge in [-0.05, 0) is 188 Å². The minimum absolute atomic E-state index is 0.145. The van der Waals surface area contributed by atoms with Crippen molar-refractivity contribution in [3.63, 3.8) is 0 Å². The molecule has 0 amide bonds. The molecule has 4 saturated carbocycles. The van der Waals surface area contributed by atoms with Crippen molar-refractivity contribution in [3.8, 4) is 55.9 Å². The molecule has 18 rings (SSSR count). The minimum Gasteiger partial charge on any atom is -0.309 e. The van der Waals surface area contributed by atoms with Crippen molar-refractivity contribution < 1.29 is 0 Å². The van der Waals surface area contributed by atoms with Crippen LogP contribution < -0.4 is 0 Å². The molecular formula is C72H52N2. The third-order valence-electron chi connectivity index (χ3n) is 18.9. The number of hydrogen-bond donors (Lipinski definition) is 0. The first kappa shape index (κ1) is 41.1. The molecule has 0 saturated heterocycles. The fraction of sp³-hybridized carbons (Fsp3) is 0.139. The zero-order valence-corrected chi connectivity index (χ0v) is 41.2. The van der Waals surface area contributed by atoms with E-state index in [1.165, 1.54) is 147 Å². The summed E-state index contributed by atoms with van der Waals surface area (Å²) in [6.45, 7) is 0. The maximum absolute atomic E-state index is 2.66. The van der Waals surface area contributed by atoms with E-state index in [-0.39, 0.29) is 5.41 Å². The van der Waals surface area contributed by atoms with Crippen LogP contribution in [0.3, 0.4) is 0 Å². The summed E-state index contributed by atoms with van der Waals surface area (Å²) in [4.78, 5) is 0. The van der Waals surface area contributed by atoms with Crippen molar-refractivity contribution in [2.75, 3.05) is 0 Å². The first-order valence-corrected chi connectivity index (χ1v) is 27.1. The Hall–Kier alpha value is -8.46. The summed E-state index contributed by atoms with van der Waals surface area (Å²) in [6.07, 6.45) is 7.06. The van der Waals surface area contributed by atoms with Crippen molar-refractivity contribution in [2.45, 2.75) is 37.5 Å². The summed E-state index contributed by atoms with van der Waals surface area (Å²) in [5.74, 6) is 3.34. The van der Waals surface area contributed by atoms with E-state index in [4.69, 9.17) is 0 Å². The van der Waals surface area contributed by atoms with Crippen LogP contribution in [0.1, 0.15) is 43.2 Å². The molecule has 4 bridgehead atoms. The Morgan fingerprint density at radius 1 is 0.297 bits per heavy atom. The highest BCUT2D eigenvalue weighted by atomic mass is 15.0. The van der Waals surface area contributed by atoms with Crippen LogP contribution in [0, 0.1) is 23.7 Å². The van der Waals surface area contributed by atoms with Gasteiger partial charge in [0, 0.05) is 38.0 Å². The van der Waals surface area contributed by atoms with Crippen molar-refractivity contribution >= 4 is 65.2 Å². The highest BCUT2D eigenvalue weighted by Gasteiger charge is 2.61. The van der Waals surface area contributed by atoms with E-state index in [9.17, 15) is 0 Å².